The second kappa shape index (κ2) is 29.4. The molecule has 0 bridgehead atoms. The van der Waals surface area contributed by atoms with E-state index in [2.05, 4.69) is 41.0 Å². The van der Waals surface area contributed by atoms with E-state index in [0.717, 1.165) is 52.3 Å². The molecule has 0 saturated carbocycles. The van der Waals surface area contributed by atoms with Crippen LogP contribution in [0.3, 0.4) is 0 Å². The molecule has 28 heteroatoms. The number of anilines is 1. The number of ether oxygens (including phenoxy) is 9. The highest BCUT2D eigenvalue weighted by Gasteiger charge is 2.44. The van der Waals surface area contributed by atoms with E-state index in [-0.39, 0.29) is 75.5 Å². The van der Waals surface area contributed by atoms with E-state index < -0.39 is 69.1 Å². The monoisotopic (exact) mass is 1300 g/mol. The van der Waals surface area contributed by atoms with Crippen LogP contribution in [0.5, 0.6) is 11.5 Å². The van der Waals surface area contributed by atoms with E-state index in [9.17, 15) is 48.7 Å². The average Bonchev–Trinajstić information content (AvgIpc) is 0.956. The van der Waals surface area contributed by atoms with Crippen LogP contribution in [0.25, 0.3) is 16.7 Å². The molecule has 25 nitrogen and oxygen atoms in total. The van der Waals surface area contributed by atoms with Crippen molar-refractivity contribution in [2.45, 2.75) is 107 Å². The number of hydrogen-bond donors (Lipinski definition) is 1. The van der Waals surface area contributed by atoms with Gasteiger partial charge in [-0.05, 0) is 81.0 Å². The second-order valence-electron chi connectivity index (χ2n) is 23.2. The standard InChI is InChI=1S/C61H80N4O21S3/c1-6-41-38-60(2,3)63-17-7-9-45-56(63)47(41)36-49-55(44-12-11-43(88(71,72)73)35-51(44)89(74,75)76)50-37-48-42(39-61(4,5)64-18-8-10-46(57(48)64)59(50)85-58(45)49)40-87(69,70)62-16-20-78-22-24-80-26-28-82-30-32-84-34-33-83-31-29-81-27-25-79-23-21-77-19-15-54(68)86-65-52(66)13-14-53(65)67/h11-12,35-39,62H,6-10,13-34,40H2,1-5H3,(H-,71,72,73,74,75,76)/p-1. The van der Waals surface area contributed by atoms with Gasteiger partial charge in [0.05, 0.1) is 150 Å². The molecule has 0 aromatic heterocycles. The van der Waals surface area contributed by atoms with Gasteiger partial charge in [-0.25, -0.2) is 39.3 Å². The first-order valence-corrected chi connectivity index (χ1v) is 34.5. The van der Waals surface area contributed by atoms with Crippen LogP contribution < -0.4 is 29.5 Å². The van der Waals surface area contributed by atoms with Crippen LogP contribution >= 0.6 is 0 Å². The van der Waals surface area contributed by atoms with E-state index in [0.29, 0.717) is 149 Å². The zero-order valence-electron chi connectivity index (χ0n) is 51.0. The number of fused-ring (bicyclic) bond motifs is 4. The number of hydroxylamine groups is 2. The molecule has 6 heterocycles. The summed E-state index contributed by atoms with van der Waals surface area (Å²) >= 11 is 0. The lowest BCUT2D eigenvalue weighted by molar-refractivity contribution is -0.198. The first-order valence-electron chi connectivity index (χ1n) is 30.1. The smallest absolute Gasteiger partial charge is 0.335 e. The Morgan fingerprint density at radius 3 is 1.75 bits per heavy atom. The summed E-state index contributed by atoms with van der Waals surface area (Å²) in [6.45, 7) is 16.6. The largest absolute Gasteiger partial charge is 0.744 e. The van der Waals surface area contributed by atoms with Crippen molar-refractivity contribution in [2.75, 3.05) is 136 Å². The van der Waals surface area contributed by atoms with Crippen molar-refractivity contribution in [1.29, 1.82) is 0 Å². The SMILES string of the molecule is CCC1=CC(C)(C)[N+]2=c3c1cc1c(c3CCC2)Oc2c(cc3c4c2CCCN4C(C)(C)C=C3CS(=O)(=O)NCCOCCOCCOCCOCCOCCOCCOCCOCCC(=O)ON2C(=O)CCC2=O)C=1c1ccc(S(=O)(=O)[O-])cc1S(=O)(=O)[O-]. The Balaban J connectivity index is 0.730. The van der Waals surface area contributed by atoms with E-state index in [1.807, 2.05) is 26.0 Å². The molecule has 3 aromatic carbocycles. The van der Waals surface area contributed by atoms with Crippen LogP contribution in [0.4, 0.5) is 5.69 Å². The lowest BCUT2D eigenvalue weighted by Crippen LogP contribution is -2.53. The van der Waals surface area contributed by atoms with Crippen molar-refractivity contribution >= 4 is 70.4 Å². The van der Waals surface area contributed by atoms with Gasteiger partial charge in [0.15, 0.2) is 5.54 Å². The Morgan fingerprint density at radius 2 is 1.19 bits per heavy atom. The van der Waals surface area contributed by atoms with Crippen LogP contribution in [0.2, 0.25) is 0 Å². The van der Waals surface area contributed by atoms with Gasteiger partial charge in [0.2, 0.25) is 15.4 Å². The van der Waals surface area contributed by atoms with E-state index in [1.54, 1.807) is 6.07 Å². The third kappa shape index (κ3) is 16.4. The van der Waals surface area contributed by atoms with Gasteiger partial charge in [0.25, 0.3) is 11.8 Å². The normalized spacial score (nSPS) is 17.4. The summed E-state index contributed by atoms with van der Waals surface area (Å²) in [6, 6.07) is 6.59. The van der Waals surface area contributed by atoms with E-state index in [1.165, 1.54) is 6.07 Å². The van der Waals surface area contributed by atoms with Gasteiger partial charge < -0.3 is 61.5 Å². The maximum atomic E-state index is 14.1. The van der Waals surface area contributed by atoms with E-state index >= 15 is 0 Å². The fourth-order valence-corrected chi connectivity index (χ4v) is 14.5. The topological polar surface area (TPSA) is 314 Å². The second-order valence-corrected chi connectivity index (χ2v) is 27.7. The van der Waals surface area contributed by atoms with Gasteiger partial charge in [-0.15, -0.1) is 5.06 Å². The number of imide groups is 1. The summed E-state index contributed by atoms with van der Waals surface area (Å²) in [4.78, 5) is 40.0. The molecule has 488 valence electrons. The molecular weight excluding hydrogens is 1220 g/mol. The van der Waals surface area contributed by atoms with Crippen LogP contribution in [0.15, 0.2) is 52.3 Å². The van der Waals surface area contributed by atoms with Gasteiger partial charge >= 0.3 is 5.97 Å². The summed E-state index contributed by atoms with van der Waals surface area (Å²) in [5.41, 5.74) is 5.08. The molecule has 0 spiro atoms. The van der Waals surface area contributed by atoms with Crippen molar-refractivity contribution in [3.63, 3.8) is 0 Å². The number of amides is 2. The lowest BCUT2D eigenvalue weighted by Gasteiger charge is -2.47. The summed E-state index contributed by atoms with van der Waals surface area (Å²) < 4.78 is 162. The van der Waals surface area contributed by atoms with Gasteiger partial charge in [0, 0.05) is 79.2 Å². The highest BCUT2D eigenvalue weighted by atomic mass is 32.2. The van der Waals surface area contributed by atoms with Crippen LogP contribution in [-0.2, 0) is 100 Å². The van der Waals surface area contributed by atoms with Crippen LogP contribution in [0.1, 0.15) is 107 Å². The Labute approximate surface area is 519 Å². The van der Waals surface area contributed by atoms with Crippen molar-refractivity contribution < 1.29 is 96.2 Å². The number of carbonyl (C=O) groups is 3. The first-order chi connectivity index (χ1) is 42.4. The third-order valence-corrected chi connectivity index (χ3v) is 19.1. The number of rotatable bonds is 35. The zero-order valence-corrected chi connectivity index (χ0v) is 53.4. The molecule has 89 heavy (non-hydrogen) atoms. The first kappa shape index (κ1) is 67.8. The summed E-state index contributed by atoms with van der Waals surface area (Å²) in [6.07, 6.45) is 7.44. The highest BCUT2D eigenvalue weighted by Crippen LogP contribution is 2.53. The molecule has 1 saturated heterocycles. The molecule has 6 aliphatic rings. The number of sulfonamides is 1. The number of hydrogen-bond acceptors (Lipinski definition) is 22. The van der Waals surface area contributed by atoms with Crippen molar-refractivity contribution in [3.8, 4) is 11.5 Å². The van der Waals surface area contributed by atoms with Gasteiger partial charge in [-0.3, -0.25) is 9.59 Å². The molecule has 2 amide bonds. The number of nitrogens with one attached hydrogen (secondary N) is 1. The molecule has 0 unspecified atom stereocenters. The molecule has 0 aliphatic carbocycles. The molecule has 0 atom stereocenters. The van der Waals surface area contributed by atoms with Crippen molar-refractivity contribution in [3.05, 3.63) is 86.4 Å². The number of benzene rings is 3. The Bertz CT molecular complexity index is 3700. The maximum Gasteiger partial charge on any atom is 0.335 e. The number of carbonyl (C=O) groups excluding carboxylic acids is 3. The van der Waals surface area contributed by atoms with Crippen molar-refractivity contribution in [1.82, 2.24) is 14.4 Å². The zero-order chi connectivity index (χ0) is 63.7. The summed E-state index contributed by atoms with van der Waals surface area (Å²) in [5, 5.41) is 2.00. The quantitative estimate of drug-likeness (QED) is 0.0300. The van der Waals surface area contributed by atoms with Gasteiger partial charge in [0.1, 0.15) is 38.3 Å². The minimum atomic E-state index is -5.44. The molecule has 1 fully saturated rings. The number of allylic oxidation sites excluding steroid dienone is 1. The summed E-state index contributed by atoms with van der Waals surface area (Å²) in [5.74, 6) is -1.30. The van der Waals surface area contributed by atoms with Gasteiger partial charge in [-0.2, -0.15) is 0 Å². The minimum absolute atomic E-state index is 0.0214. The fraction of sp³-hybridized carbons (Fsp3) is 0.574. The molecular formula is C61H79N4O21S3-. The van der Waals surface area contributed by atoms with Crippen LogP contribution in [-0.4, -0.2) is 199 Å². The third-order valence-electron chi connectivity index (χ3n) is 16.1. The predicted molar refractivity (Wildman–Crippen MR) is 321 cm³/mol. The molecule has 1 N–H and O–H groups in total. The lowest BCUT2D eigenvalue weighted by atomic mass is 9.79. The Hall–Kier alpha value is -5.57. The fourth-order valence-electron chi connectivity index (χ4n) is 12.1. The molecule has 6 aliphatic heterocycles. The molecule has 3 aromatic rings. The maximum absolute atomic E-state index is 14.1. The Morgan fingerprint density at radius 1 is 0.629 bits per heavy atom. The average molecular weight is 1300 g/mol. The minimum Gasteiger partial charge on any atom is -0.744 e. The van der Waals surface area contributed by atoms with E-state index in [4.69, 9.17) is 47.5 Å². The highest BCUT2D eigenvalue weighted by molar-refractivity contribution is 7.89. The van der Waals surface area contributed by atoms with Gasteiger partial charge in [-0.1, -0.05) is 19.1 Å². The Kier molecular flexibility index (Phi) is 22.4. The van der Waals surface area contributed by atoms with Crippen molar-refractivity contribution in [2.24, 2.45) is 0 Å². The molecule has 9 rings (SSSR count). The summed E-state index contributed by atoms with van der Waals surface area (Å²) in [7, 11) is -14.6. The predicted octanol–water partition coefficient (Wildman–Crippen LogP) is 2.85. The molecule has 0 radical (unpaired) electrons. The van der Waals surface area contributed by atoms with Crippen LogP contribution in [0, 0.1) is 0 Å². The number of nitrogens with zero attached hydrogens (tertiary/aromatic N) is 3.